The number of rotatable bonds is 1. The summed E-state index contributed by atoms with van der Waals surface area (Å²) >= 11 is 0. The standard InChI is InChI=1S/C63H76N2/c1-57(2,3)38-24-25-49-46(34-38)47-35-42(61(13,14)15)36-48-56(47)65(49)52-27-26-51-54(55(52)62(16,17)18)53-45(37-28-39(58(4,5)6)31-43(29-37)63(48,19)20)22-21-23-50(53)64(51)44-32-40(59(7,8)9)30-41(33-44)60(10,11)12/h21-36H,1-20H3. The third-order valence-electron chi connectivity index (χ3n) is 14.9. The lowest BCUT2D eigenvalue weighted by molar-refractivity contribution is 0.568. The molecule has 0 saturated carbocycles. The summed E-state index contributed by atoms with van der Waals surface area (Å²) in [6, 6.07) is 39.5. The molecule has 1 aliphatic heterocycles. The van der Waals surface area contributed by atoms with Crippen LogP contribution in [0.3, 0.4) is 0 Å². The van der Waals surface area contributed by atoms with Crippen molar-refractivity contribution in [1.82, 2.24) is 9.13 Å². The van der Waals surface area contributed by atoms with Crippen molar-refractivity contribution in [2.75, 3.05) is 0 Å². The first kappa shape index (κ1) is 45.1. The summed E-state index contributed by atoms with van der Waals surface area (Å²) in [7, 11) is 0. The quantitative estimate of drug-likeness (QED) is 0.156. The fraction of sp³-hybridized carbons (Fsp3) is 0.429. The van der Waals surface area contributed by atoms with Gasteiger partial charge in [0.2, 0.25) is 0 Å². The first-order valence-corrected chi connectivity index (χ1v) is 24.4. The molecule has 2 nitrogen and oxygen atoms in total. The predicted molar refractivity (Wildman–Crippen MR) is 285 cm³/mol. The van der Waals surface area contributed by atoms with Crippen molar-refractivity contribution in [3.8, 4) is 22.5 Å². The lowest BCUT2D eigenvalue weighted by atomic mass is 9.72. The van der Waals surface area contributed by atoms with Crippen molar-refractivity contribution in [2.45, 2.75) is 176 Å². The average molecular weight is 861 g/mol. The van der Waals surface area contributed by atoms with Crippen LogP contribution in [-0.4, -0.2) is 9.13 Å². The van der Waals surface area contributed by atoms with Crippen molar-refractivity contribution < 1.29 is 0 Å². The van der Waals surface area contributed by atoms with Crippen LogP contribution in [0.25, 0.3) is 66.1 Å². The van der Waals surface area contributed by atoms with Gasteiger partial charge in [0.25, 0.3) is 0 Å². The summed E-state index contributed by atoms with van der Waals surface area (Å²) in [5.74, 6) is 0. The molecule has 3 heterocycles. The molecule has 6 aromatic carbocycles. The molecule has 2 aromatic heterocycles. The predicted octanol–water partition coefficient (Wildman–Crippen LogP) is 18.0. The summed E-state index contributed by atoms with van der Waals surface area (Å²) < 4.78 is 5.30. The molecule has 0 N–H and O–H groups in total. The Balaban J connectivity index is 1.61. The summed E-state index contributed by atoms with van der Waals surface area (Å²) in [5, 5.41) is 5.33. The van der Waals surface area contributed by atoms with Crippen molar-refractivity contribution in [3.05, 3.63) is 142 Å². The molecule has 0 fully saturated rings. The van der Waals surface area contributed by atoms with E-state index in [1.54, 1.807) is 0 Å². The SMILES string of the molecule is CC(C)(C)c1cc(-n2c3cccc4c3c3c(C(C)(C)C)c(ccc32)-n2c3ccc(C(C)(C)C)cc3c3cc(C(C)(C)C)cc(c32)C(C)(C)c2cc-4cc(C(C)(C)C)c2)cc(C(C)(C)C)c1. The molecule has 2 heteroatoms. The highest BCUT2D eigenvalue weighted by Gasteiger charge is 2.36. The first-order valence-electron chi connectivity index (χ1n) is 24.4. The molecule has 0 spiro atoms. The van der Waals surface area contributed by atoms with Crippen LogP contribution in [0, 0.1) is 0 Å². The van der Waals surface area contributed by atoms with Crippen LogP contribution in [0.4, 0.5) is 0 Å². The van der Waals surface area contributed by atoms with Gasteiger partial charge >= 0.3 is 0 Å². The molecule has 0 aliphatic carbocycles. The van der Waals surface area contributed by atoms with E-state index in [2.05, 4.69) is 245 Å². The van der Waals surface area contributed by atoms with Gasteiger partial charge in [0.1, 0.15) is 0 Å². The molecule has 0 unspecified atom stereocenters. The lowest BCUT2D eigenvalue weighted by Gasteiger charge is -2.33. The summed E-state index contributed by atoms with van der Waals surface area (Å²) in [6.07, 6.45) is 0. The van der Waals surface area contributed by atoms with Crippen LogP contribution in [0.1, 0.15) is 183 Å². The Kier molecular flexibility index (Phi) is 9.70. The van der Waals surface area contributed by atoms with Crippen molar-refractivity contribution in [3.63, 3.8) is 0 Å². The molecule has 0 saturated heterocycles. The third kappa shape index (κ3) is 7.19. The van der Waals surface area contributed by atoms with Gasteiger partial charge in [-0.3, -0.25) is 0 Å². The zero-order chi connectivity index (χ0) is 47.5. The van der Waals surface area contributed by atoms with E-state index in [-0.39, 0.29) is 37.9 Å². The molecule has 4 bridgehead atoms. The van der Waals surface area contributed by atoms with Gasteiger partial charge in [0.05, 0.1) is 27.8 Å². The van der Waals surface area contributed by atoms with Gasteiger partial charge < -0.3 is 9.13 Å². The average Bonchev–Trinajstić information content (AvgIpc) is 3.70. The second-order valence-corrected chi connectivity index (χ2v) is 26.6. The zero-order valence-electron chi connectivity index (χ0n) is 43.6. The van der Waals surface area contributed by atoms with Crippen LogP contribution in [0.5, 0.6) is 0 Å². The van der Waals surface area contributed by atoms with Crippen LogP contribution in [0.2, 0.25) is 0 Å². The van der Waals surface area contributed by atoms with Crippen LogP contribution < -0.4 is 0 Å². The molecule has 0 atom stereocenters. The van der Waals surface area contributed by atoms with E-state index in [9.17, 15) is 0 Å². The van der Waals surface area contributed by atoms with E-state index in [0.717, 1.165) is 0 Å². The van der Waals surface area contributed by atoms with Crippen LogP contribution in [0.15, 0.2) is 97.1 Å². The zero-order valence-corrected chi connectivity index (χ0v) is 43.6. The van der Waals surface area contributed by atoms with Gasteiger partial charge in [-0.2, -0.15) is 0 Å². The van der Waals surface area contributed by atoms with Crippen molar-refractivity contribution in [1.29, 1.82) is 0 Å². The number of benzene rings is 6. The van der Waals surface area contributed by atoms with Gasteiger partial charge in [-0.05, 0) is 137 Å². The fourth-order valence-electron chi connectivity index (χ4n) is 10.7. The van der Waals surface area contributed by atoms with E-state index in [4.69, 9.17) is 0 Å². The monoisotopic (exact) mass is 861 g/mol. The van der Waals surface area contributed by atoms with Crippen LogP contribution >= 0.6 is 0 Å². The molecular formula is C63H76N2. The minimum atomic E-state index is -0.362. The van der Waals surface area contributed by atoms with Crippen LogP contribution in [-0.2, 0) is 37.9 Å². The largest absolute Gasteiger partial charge is 0.309 e. The Morgan fingerprint density at radius 2 is 0.923 bits per heavy atom. The maximum atomic E-state index is 2.69. The highest BCUT2D eigenvalue weighted by molar-refractivity contribution is 6.19. The molecule has 1 aliphatic rings. The minimum Gasteiger partial charge on any atom is -0.309 e. The minimum absolute atomic E-state index is 0.000240. The number of hydrogen-bond acceptors (Lipinski definition) is 0. The fourth-order valence-corrected chi connectivity index (χ4v) is 10.7. The maximum Gasteiger partial charge on any atom is 0.0582 e. The molecule has 65 heavy (non-hydrogen) atoms. The number of nitrogens with zero attached hydrogens (tertiary/aromatic N) is 2. The maximum absolute atomic E-state index is 2.69. The Labute approximate surface area is 391 Å². The van der Waals surface area contributed by atoms with E-state index in [1.165, 1.54) is 111 Å². The third-order valence-corrected chi connectivity index (χ3v) is 14.9. The van der Waals surface area contributed by atoms with Crippen molar-refractivity contribution >= 4 is 43.6 Å². The second kappa shape index (κ2) is 14.0. The molecular weight excluding hydrogens is 785 g/mol. The Hall–Kier alpha value is -5.08. The van der Waals surface area contributed by atoms with E-state index < -0.39 is 0 Å². The summed E-state index contributed by atoms with van der Waals surface area (Å²) in [4.78, 5) is 0. The smallest absolute Gasteiger partial charge is 0.0582 e. The highest BCUT2D eigenvalue weighted by atomic mass is 15.0. The first-order chi connectivity index (χ1) is 29.8. The van der Waals surface area contributed by atoms with Gasteiger partial charge in [0.15, 0.2) is 0 Å². The number of fused-ring (bicyclic) bond motifs is 8. The summed E-state index contributed by atoms with van der Waals surface area (Å²) in [5.41, 5.74) is 20.3. The number of hydrogen-bond donors (Lipinski definition) is 0. The summed E-state index contributed by atoms with van der Waals surface area (Å²) in [6.45, 7) is 47.7. The number of aromatic nitrogens is 2. The normalized spacial score (nSPS) is 14.9. The van der Waals surface area contributed by atoms with Gasteiger partial charge in [0, 0.05) is 32.6 Å². The van der Waals surface area contributed by atoms with Gasteiger partial charge in [-0.1, -0.05) is 187 Å². The van der Waals surface area contributed by atoms with E-state index in [1.807, 2.05) is 0 Å². The molecule has 338 valence electrons. The van der Waals surface area contributed by atoms with Gasteiger partial charge in [-0.25, -0.2) is 0 Å². The molecule has 9 rings (SSSR count). The lowest BCUT2D eigenvalue weighted by Crippen LogP contribution is -2.24. The van der Waals surface area contributed by atoms with Gasteiger partial charge in [-0.15, -0.1) is 0 Å². The Morgan fingerprint density at radius 1 is 0.400 bits per heavy atom. The van der Waals surface area contributed by atoms with E-state index >= 15 is 0 Å². The Morgan fingerprint density at radius 3 is 1.49 bits per heavy atom. The molecule has 0 radical (unpaired) electrons. The van der Waals surface area contributed by atoms with Crippen molar-refractivity contribution in [2.24, 2.45) is 0 Å². The highest BCUT2D eigenvalue weighted by Crippen LogP contribution is 2.51. The topological polar surface area (TPSA) is 9.86 Å². The van der Waals surface area contributed by atoms with E-state index in [0.29, 0.717) is 0 Å². The Bertz CT molecular complexity index is 3220. The second-order valence-electron chi connectivity index (χ2n) is 26.6. The molecule has 0 amide bonds. The molecule has 8 aromatic rings.